The average Bonchev–Trinajstić information content (AvgIpc) is 2.42. The van der Waals surface area contributed by atoms with Crippen molar-refractivity contribution in [2.24, 2.45) is 0 Å². The molecular formula is C12H16O6. The van der Waals surface area contributed by atoms with Gasteiger partial charge in [0.25, 0.3) is 0 Å². The summed E-state index contributed by atoms with van der Waals surface area (Å²) in [6.45, 7) is -0.308. The first-order valence-corrected chi connectivity index (χ1v) is 5.25. The van der Waals surface area contributed by atoms with Crippen LogP contribution in [0.25, 0.3) is 0 Å². The van der Waals surface area contributed by atoms with E-state index < -0.39 is 5.97 Å². The van der Waals surface area contributed by atoms with Crippen LogP contribution in [0.4, 0.5) is 0 Å². The van der Waals surface area contributed by atoms with Crippen molar-refractivity contribution in [1.82, 2.24) is 0 Å². The number of aliphatic hydroxyl groups excluding tert-OH is 1. The Kier molecular flexibility index (Phi) is 5.26. The second kappa shape index (κ2) is 6.70. The highest BCUT2D eigenvalue weighted by molar-refractivity contribution is 5.93. The van der Waals surface area contributed by atoms with Crippen LogP contribution in [0.1, 0.15) is 10.4 Å². The van der Waals surface area contributed by atoms with Gasteiger partial charge < -0.3 is 24.1 Å². The standard InChI is InChI=1S/C12H16O6/c1-15-9-7-11(17-3)10(16-2)6-8(9)12(14)18-5-4-13/h6-7,13H,4-5H2,1-3H3. The van der Waals surface area contributed by atoms with Crippen LogP contribution in [0.15, 0.2) is 12.1 Å². The summed E-state index contributed by atoms with van der Waals surface area (Å²) in [4.78, 5) is 11.7. The number of hydrogen-bond acceptors (Lipinski definition) is 6. The number of ether oxygens (including phenoxy) is 4. The lowest BCUT2D eigenvalue weighted by Crippen LogP contribution is -2.10. The van der Waals surface area contributed by atoms with Gasteiger partial charge in [-0.1, -0.05) is 0 Å². The highest BCUT2D eigenvalue weighted by Gasteiger charge is 2.18. The van der Waals surface area contributed by atoms with Gasteiger partial charge in [-0.2, -0.15) is 0 Å². The molecule has 0 amide bonds. The second-order valence-corrected chi connectivity index (χ2v) is 3.27. The molecule has 1 aromatic carbocycles. The number of carbonyl (C=O) groups is 1. The molecule has 0 aromatic heterocycles. The van der Waals surface area contributed by atoms with E-state index in [0.717, 1.165) is 0 Å². The fourth-order valence-corrected chi connectivity index (χ4v) is 1.40. The van der Waals surface area contributed by atoms with Crippen LogP contribution in [0.5, 0.6) is 17.2 Å². The number of methoxy groups -OCH3 is 3. The average molecular weight is 256 g/mol. The van der Waals surface area contributed by atoms with E-state index >= 15 is 0 Å². The zero-order valence-corrected chi connectivity index (χ0v) is 10.6. The number of rotatable bonds is 6. The van der Waals surface area contributed by atoms with Crippen molar-refractivity contribution in [3.05, 3.63) is 17.7 Å². The van der Waals surface area contributed by atoms with Crippen LogP contribution in [0, 0.1) is 0 Å². The summed E-state index contributed by atoms with van der Waals surface area (Å²) in [5, 5.41) is 8.62. The van der Waals surface area contributed by atoms with E-state index in [1.807, 2.05) is 0 Å². The van der Waals surface area contributed by atoms with Crippen LogP contribution in [0.3, 0.4) is 0 Å². The summed E-state index contributed by atoms with van der Waals surface area (Å²) in [6, 6.07) is 3.01. The van der Waals surface area contributed by atoms with Gasteiger partial charge in [0, 0.05) is 12.1 Å². The smallest absolute Gasteiger partial charge is 0.342 e. The third kappa shape index (κ3) is 3.04. The summed E-state index contributed by atoms with van der Waals surface area (Å²) >= 11 is 0. The summed E-state index contributed by atoms with van der Waals surface area (Å²) in [6.07, 6.45) is 0. The van der Waals surface area contributed by atoms with Gasteiger partial charge in [-0.15, -0.1) is 0 Å². The zero-order chi connectivity index (χ0) is 13.5. The summed E-state index contributed by atoms with van der Waals surface area (Å²) in [5.74, 6) is 0.569. The Hall–Kier alpha value is -1.95. The van der Waals surface area contributed by atoms with E-state index in [4.69, 9.17) is 24.1 Å². The summed E-state index contributed by atoms with van der Waals surface area (Å²) in [5.41, 5.74) is 0.212. The van der Waals surface area contributed by atoms with Gasteiger partial charge in [0.1, 0.15) is 17.9 Å². The van der Waals surface area contributed by atoms with Gasteiger partial charge in [0.15, 0.2) is 11.5 Å². The monoisotopic (exact) mass is 256 g/mol. The Bertz CT molecular complexity index is 415. The molecule has 0 saturated carbocycles. The highest BCUT2D eigenvalue weighted by atomic mass is 16.5. The van der Waals surface area contributed by atoms with E-state index in [0.29, 0.717) is 17.2 Å². The third-order valence-corrected chi connectivity index (χ3v) is 2.25. The molecule has 0 saturated heterocycles. The molecule has 0 aliphatic rings. The molecule has 0 aliphatic heterocycles. The van der Waals surface area contributed by atoms with E-state index in [1.165, 1.54) is 33.5 Å². The van der Waals surface area contributed by atoms with Gasteiger partial charge in [0.2, 0.25) is 0 Å². The van der Waals surface area contributed by atoms with Gasteiger partial charge >= 0.3 is 5.97 Å². The van der Waals surface area contributed by atoms with Crippen LogP contribution >= 0.6 is 0 Å². The third-order valence-electron chi connectivity index (χ3n) is 2.25. The Morgan fingerprint density at radius 1 is 1.06 bits per heavy atom. The van der Waals surface area contributed by atoms with Crippen molar-refractivity contribution in [3.8, 4) is 17.2 Å². The Morgan fingerprint density at radius 3 is 2.11 bits per heavy atom. The van der Waals surface area contributed by atoms with Crippen LogP contribution in [-0.4, -0.2) is 45.6 Å². The molecule has 1 N–H and O–H groups in total. The Balaban J connectivity index is 3.12. The van der Waals surface area contributed by atoms with Crippen molar-refractivity contribution in [2.45, 2.75) is 0 Å². The van der Waals surface area contributed by atoms with Crippen molar-refractivity contribution < 1.29 is 28.8 Å². The van der Waals surface area contributed by atoms with Gasteiger partial charge in [0.05, 0.1) is 27.9 Å². The molecule has 0 atom stereocenters. The lowest BCUT2D eigenvalue weighted by Gasteiger charge is -2.13. The SMILES string of the molecule is COc1cc(OC)c(C(=O)OCCO)cc1OC. The molecule has 0 radical (unpaired) electrons. The molecule has 6 nitrogen and oxygen atoms in total. The number of esters is 1. The van der Waals surface area contributed by atoms with Crippen LogP contribution in [-0.2, 0) is 4.74 Å². The molecule has 1 aromatic rings. The van der Waals surface area contributed by atoms with E-state index in [1.54, 1.807) is 0 Å². The van der Waals surface area contributed by atoms with Gasteiger partial charge in [-0.3, -0.25) is 0 Å². The van der Waals surface area contributed by atoms with Crippen LogP contribution < -0.4 is 14.2 Å². The van der Waals surface area contributed by atoms with E-state index in [9.17, 15) is 4.79 Å². The molecule has 0 bridgehead atoms. The largest absolute Gasteiger partial charge is 0.496 e. The fraction of sp³-hybridized carbons (Fsp3) is 0.417. The molecule has 1 rings (SSSR count). The molecule has 6 heteroatoms. The van der Waals surface area contributed by atoms with Crippen molar-refractivity contribution in [3.63, 3.8) is 0 Å². The fourth-order valence-electron chi connectivity index (χ4n) is 1.40. The zero-order valence-electron chi connectivity index (χ0n) is 10.6. The Labute approximate surface area is 105 Å². The maximum absolute atomic E-state index is 11.7. The van der Waals surface area contributed by atoms with Gasteiger partial charge in [-0.05, 0) is 0 Å². The molecule has 0 spiro atoms. The van der Waals surface area contributed by atoms with Crippen molar-refractivity contribution in [2.75, 3.05) is 34.5 Å². The first-order valence-electron chi connectivity index (χ1n) is 5.25. The topological polar surface area (TPSA) is 74.2 Å². The van der Waals surface area contributed by atoms with E-state index in [2.05, 4.69) is 0 Å². The lowest BCUT2D eigenvalue weighted by molar-refractivity contribution is 0.0430. The highest BCUT2D eigenvalue weighted by Crippen LogP contribution is 2.34. The van der Waals surface area contributed by atoms with Crippen molar-refractivity contribution >= 4 is 5.97 Å². The normalized spacial score (nSPS) is 9.78. The number of benzene rings is 1. The minimum Gasteiger partial charge on any atom is -0.496 e. The lowest BCUT2D eigenvalue weighted by atomic mass is 10.1. The number of hydrogen-bond donors (Lipinski definition) is 1. The minimum atomic E-state index is -0.596. The Morgan fingerprint density at radius 2 is 1.61 bits per heavy atom. The maximum Gasteiger partial charge on any atom is 0.342 e. The molecule has 0 heterocycles. The minimum absolute atomic E-state index is 0.0731. The number of carbonyl (C=O) groups excluding carboxylic acids is 1. The molecule has 0 fully saturated rings. The molecular weight excluding hydrogens is 240 g/mol. The van der Waals surface area contributed by atoms with Crippen molar-refractivity contribution in [1.29, 1.82) is 0 Å². The molecule has 100 valence electrons. The molecule has 18 heavy (non-hydrogen) atoms. The first kappa shape index (κ1) is 14.1. The molecule has 0 unspecified atom stereocenters. The first-order chi connectivity index (χ1) is 8.67. The predicted molar refractivity (Wildman–Crippen MR) is 63.5 cm³/mol. The predicted octanol–water partition coefficient (Wildman–Crippen LogP) is 0.861. The summed E-state index contributed by atoms with van der Waals surface area (Å²) < 4.78 is 20.1. The maximum atomic E-state index is 11.7. The number of aliphatic hydroxyl groups is 1. The van der Waals surface area contributed by atoms with E-state index in [-0.39, 0.29) is 18.8 Å². The van der Waals surface area contributed by atoms with Crippen LogP contribution in [0.2, 0.25) is 0 Å². The molecule has 0 aliphatic carbocycles. The van der Waals surface area contributed by atoms with Gasteiger partial charge in [-0.25, -0.2) is 4.79 Å². The summed E-state index contributed by atoms with van der Waals surface area (Å²) in [7, 11) is 4.39. The quantitative estimate of drug-likeness (QED) is 0.761. The second-order valence-electron chi connectivity index (χ2n) is 3.27.